The molecule has 5 heteroatoms. The Bertz CT molecular complexity index is 258. The molecule has 1 amide bonds. The molecule has 2 aliphatic rings. The van der Waals surface area contributed by atoms with Gasteiger partial charge in [0, 0.05) is 32.0 Å². The first-order chi connectivity index (χ1) is 7.08. The summed E-state index contributed by atoms with van der Waals surface area (Å²) in [6.07, 6.45) is 2.16. The van der Waals surface area contributed by atoms with Crippen LogP contribution >= 0.6 is 0 Å². The maximum Gasteiger partial charge on any atom is 0.262 e. The van der Waals surface area contributed by atoms with Gasteiger partial charge in [-0.05, 0) is 12.8 Å². The number of amides is 1. The third-order valence-electron chi connectivity index (χ3n) is 3.10. The zero-order valence-corrected chi connectivity index (χ0v) is 8.64. The maximum atomic E-state index is 13.1. The van der Waals surface area contributed by atoms with Crippen molar-refractivity contribution >= 4 is 5.91 Å². The van der Waals surface area contributed by atoms with Gasteiger partial charge in [-0.1, -0.05) is 0 Å². The van der Waals surface area contributed by atoms with Gasteiger partial charge >= 0.3 is 0 Å². The molecule has 2 heterocycles. The topological polar surface area (TPSA) is 32.3 Å². The molecule has 0 aliphatic carbocycles. The third-order valence-corrected chi connectivity index (χ3v) is 3.10. The predicted molar refractivity (Wildman–Crippen MR) is 51.8 cm³/mol. The lowest BCUT2D eigenvalue weighted by molar-refractivity contribution is -0.139. The van der Waals surface area contributed by atoms with Gasteiger partial charge in [-0.25, -0.2) is 8.78 Å². The van der Waals surface area contributed by atoms with Crippen LogP contribution in [0.2, 0.25) is 0 Å². The summed E-state index contributed by atoms with van der Waals surface area (Å²) in [5.41, 5.74) is 0. The SMILES string of the molecule is O=C1CCCCN1[C@H]1CNCC(F)(F)C1. The Morgan fingerprint density at radius 2 is 2.20 bits per heavy atom. The fourth-order valence-corrected chi connectivity index (χ4v) is 2.34. The minimum absolute atomic E-state index is 0.0331. The van der Waals surface area contributed by atoms with E-state index in [0.29, 0.717) is 19.5 Å². The number of piperidine rings is 2. The number of alkyl halides is 2. The van der Waals surface area contributed by atoms with Crippen LogP contribution in [0.3, 0.4) is 0 Å². The van der Waals surface area contributed by atoms with Crippen molar-refractivity contribution in [1.82, 2.24) is 10.2 Å². The predicted octanol–water partition coefficient (Wildman–Crippen LogP) is 0.996. The van der Waals surface area contributed by atoms with E-state index in [1.54, 1.807) is 4.90 Å². The van der Waals surface area contributed by atoms with Crippen LogP contribution in [-0.4, -0.2) is 42.4 Å². The number of likely N-dealkylation sites (tertiary alicyclic amines) is 1. The van der Waals surface area contributed by atoms with Crippen LogP contribution in [0.15, 0.2) is 0 Å². The summed E-state index contributed by atoms with van der Waals surface area (Å²) < 4.78 is 26.3. The van der Waals surface area contributed by atoms with Crippen molar-refractivity contribution < 1.29 is 13.6 Å². The molecule has 0 aromatic rings. The number of halogens is 2. The summed E-state index contributed by atoms with van der Waals surface area (Å²) in [7, 11) is 0. The molecule has 86 valence electrons. The number of hydrogen-bond acceptors (Lipinski definition) is 2. The Kier molecular flexibility index (Phi) is 2.91. The van der Waals surface area contributed by atoms with Crippen LogP contribution < -0.4 is 5.32 Å². The van der Waals surface area contributed by atoms with E-state index in [2.05, 4.69) is 5.32 Å². The van der Waals surface area contributed by atoms with E-state index < -0.39 is 5.92 Å². The second-order valence-electron chi connectivity index (χ2n) is 4.39. The first kappa shape index (κ1) is 10.8. The quantitative estimate of drug-likeness (QED) is 0.712. The van der Waals surface area contributed by atoms with Gasteiger partial charge in [0.1, 0.15) is 0 Å². The molecule has 2 saturated heterocycles. The Balaban J connectivity index is 2.00. The first-order valence-electron chi connectivity index (χ1n) is 5.46. The highest BCUT2D eigenvalue weighted by Gasteiger charge is 2.40. The molecule has 2 fully saturated rings. The van der Waals surface area contributed by atoms with E-state index in [-0.39, 0.29) is 24.9 Å². The van der Waals surface area contributed by atoms with Crippen LogP contribution in [0.1, 0.15) is 25.7 Å². The summed E-state index contributed by atoms with van der Waals surface area (Å²) in [5, 5.41) is 2.70. The average Bonchev–Trinajstić information content (AvgIpc) is 2.17. The molecule has 1 atom stereocenters. The normalized spacial score (nSPS) is 31.7. The van der Waals surface area contributed by atoms with Gasteiger partial charge in [0.15, 0.2) is 0 Å². The zero-order valence-electron chi connectivity index (χ0n) is 8.64. The number of hydrogen-bond donors (Lipinski definition) is 1. The molecule has 0 aromatic carbocycles. The second kappa shape index (κ2) is 4.04. The summed E-state index contributed by atoms with van der Waals surface area (Å²) >= 11 is 0. The zero-order chi connectivity index (χ0) is 10.9. The van der Waals surface area contributed by atoms with E-state index in [0.717, 1.165) is 12.8 Å². The van der Waals surface area contributed by atoms with Gasteiger partial charge in [-0.15, -0.1) is 0 Å². The fourth-order valence-electron chi connectivity index (χ4n) is 2.34. The Morgan fingerprint density at radius 1 is 1.40 bits per heavy atom. The third kappa shape index (κ3) is 2.45. The molecule has 0 aromatic heterocycles. The van der Waals surface area contributed by atoms with Crippen molar-refractivity contribution in [3.63, 3.8) is 0 Å². The van der Waals surface area contributed by atoms with Gasteiger partial charge in [0.25, 0.3) is 5.92 Å². The highest BCUT2D eigenvalue weighted by molar-refractivity contribution is 5.77. The van der Waals surface area contributed by atoms with Crippen LogP contribution in [0, 0.1) is 0 Å². The largest absolute Gasteiger partial charge is 0.338 e. The lowest BCUT2D eigenvalue weighted by atomic mass is 9.99. The van der Waals surface area contributed by atoms with Crippen LogP contribution in [0.25, 0.3) is 0 Å². The average molecular weight is 218 g/mol. The van der Waals surface area contributed by atoms with Crippen LogP contribution in [0.5, 0.6) is 0 Å². The molecule has 0 radical (unpaired) electrons. The minimum Gasteiger partial charge on any atom is -0.338 e. The van der Waals surface area contributed by atoms with E-state index in [9.17, 15) is 13.6 Å². The monoisotopic (exact) mass is 218 g/mol. The molecule has 2 aliphatic heterocycles. The number of rotatable bonds is 1. The molecule has 0 saturated carbocycles. The molecular weight excluding hydrogens is 202 g/mol. The molecule has 15 heavy (non-hydrogen) atoms. The smallest absolute Gasteiger partial charge is 0.262 e. The number of carbonyl (C=O) groups is 1. The highest BCUT2D eigenvalue weighted by atomic mass is 19.3. The summed E-state index contributed by atoms with van der Waals surface area (Å²) in [4.78, 5) is 13.2. The summed E-state index contributed by atoms with van der Waals surface area (Å²) in [5.74, 6) is -2.63. The van der Waals surface area contributed by atoms with Gasteiger partial charge < -0.3 is 10.2 Å². The van der Waals surface area contributed by atoms with Gasteiger partial charge in [0.05, 0.1) is 6.54 Å². The standard InChI is InChI=1S/C10H16F2N2O/c11-10(12)5-8(6-13-7-10)14-4-2-1-3-9(14)15/h8,13H,1-7H2/t8-/m1/s1. The van der Waals surface area contributed by atoms with Crippen LogP contribution in [-0.2, 0) is 4.79 Å². The Labute approximate surface area is 87.8 Å². The van der Waals surface area contributed by atoms with Gasteiger partial charge in [-0.3, -0.25) is 4.79 Å². The van der Waals surface area contributed by atoms with Crippen molar-refractivity contribution in [3.8, 4) is 0 Å². The van der Waals surface area contributed by atoms with E-state index in [4.69, 9.17) is 0 Å². The Hall–Kier alpha value is -0.710. The van der Waals surface area contributed by atoms with E-state index >= 15 is 0 Å². The lowest BCUT2D eigenvalue weighted by Gasteiger charge is -2.39. The maximum absolute atomic E-state index is 13.1. The molecule has 1 N–H and O–H groups in total. The van der Waals surface area contributed by atoms with Crippen molar-refractivity contribution in [3.05, 3.63) is 0 Å². The number of nitrogens with zero attached hydrogens (tertiary/aromatic N) is 1. The van der Waals surface area contributed by atoms with Crippen LogP contribution in [0.4, 0.5) is 8.78 Å². The first-order valence-corrected chi connectivity index (χ1v) is 5.46. The second-order valence-corrected chi connectivity index (χ2v) is 4.39. The van der Waals surface area contributed by atoms with E-state index in [1.165, 1.54) is 0 Å². The Morgan fingerprint density at radius 3 is 2.87 bits per heavy atom. The summed E-state index contributed by atoms with van der Waals surface area (Å²) in [6, 6.07) is -0.318. The van der Waals surface area contributed by atoms with E-state index in [1.807, 2.05) is 0 Å². The van der Waals surface area contributed by atoms with Crippen molar-refractivity contribution in [1.29, 1.82) is 0 Å². The van der Waals surface area contributed by atoms with Crippen molar-refractivity contribution in [2.24, 2.45) is 0 Å². The van der Waals surface area contributed by atoms with Crippen molar-refractivity contribution in [2.45, 2.75) is 37.6 Å². The van der Waals surface area contributed by atoms with Gasteiger partial charge in [-0.2, -0.15) is 0 Å². The molecule has 2 rings (SSSR count). The molecule has 0 spiro atoms. The molecule has 3 nitrogen and oxygen atoms in total. The minimum atomic E-state index is -2.67. The summed E-state index contributed by atoms with van der Waals surface area (Å²) in [6.45, 7) is 0.883. The molecule has 0 unspecified atom stereocenters. The molecule has 0 bridgehead atoms. The van der Waals surface area contributed by atoms with Crippen molar-refractivity contribution in [2.75, 3.05) is 19.6 Å². The number of carbonyl (C=O) groups excluding carboxylic acids is 1. The highest BCUT2D eigenvalue weighted by Crippen LogP contribution is 2.27. The van der Waals surface area contributed by atoms with Gasteiger partial charge in [0.2, 0.25) is 5.91 Å². The number of nitrogens with one attached hydrogen (secondary N) is 1. The molecular formula is C10H16F2N2O. The fraction of sp³-hybridized carbons (Fsp3) is 0.900. The lowest BCUT2D eigenvalue weighted by Crippen LogP contribution is -2.56.